The van der Waals surface area contributed by atoms with Crippen LogP contribution in [0.15, 0.2) is 66.6 Å². The number of carbonyl (C=O) groups is 1. The van der Waals surface area contributed by atoms with E-state index in [-0.39, 0.29) is 38.4 Å². The summed E-state index contributed by atoms with van der Waals surface area (Å²) in [6.07, 6.45) is 3.06. The van der Waals surface area contributed by atoms with Gasteiger partial charge in [0.2, 0.25) is 0 Å². The molecule has 0 fully saturated rings. The Morgan fingerprint density at radius 3 is 2.09 bits per heavy atom. The number of benzene rings is 2. The van der Waals surface area contributed by atoms with Crippen molar-refractivity contribution >= 4 is 28.9 Å². The van der Waals surface area contributed by atoms with E-state index < -0.39 is 0 Å². The minimum absolute atomic E-state index is 0. The maximum absolute atomic E-state index is 10.0. The molecule has 0 bridgehead atoms. The van der Waals surface area contributed by atoms with Crippen LogP contribution in [0.2, 0.25) is 0 Å². The summed E-state index contributed by atoms with van der Waals surface area (Å²) in [4.78, 5) is 14.7. The van der Waals surface area contributed by atoms with Gasteiger partial charge in [-0.3, -0.25) is 4.79 Å². The van der Waals surface area contributed by atoms with Crippen molar-refractivity contribution in [1.82, 2.24) is 4.98 Å². The molecule has 1 N–H and O–H groups in total. The molecule has 0 saturated carbocycles. The Hall–Kier alpha value is -2.49. The first kappa shape index (κ1) is 26.8. The van der Waals surface area contributed by atoms with Gasteiger partial charge in [-0.1, -0.05) is 74.0 Å². The molecule has 3 nitrogen and oxygen atoms in total. The average molecular weight is 617 g/mol. The molecule has 3 aromatic rings. The molecular weight excluding hydrogens is 585 g/mol. The summed E-state index contributed by atoms with van der Waals surface area (Å²) >= 11 is 0. The van der Waals surface area contributed by atoms with E-state index in [4.69, 9.17) is 10.1 Å². The Labute approximate surface area is 211 Å². The summed E-state index contributed by atoms with van der Waals surface area (Å²) in [6, 6.07) is 20.9. The molecule has 4 rings (SSSR count). The number of nitrogens with zero attached hydrogens (tertiary/aromatic N) is 1. The first-order valence-corrected chi connectivity index (χ1v) is 11.2. The predicted molar refractivity (Wildman–Crippen MR) is 135 cm³/mol. The van der Waals surface area contributed by atoms with Crippen LogP contribution in [0.3, 0.4) is 0 Å². The summed E-state index contributed by atoms with van der Waals surface area (Å²) in [7, 11) is 0. The van der Waals surface area contributed by atoms with E-state index in [2.05, 4.69) is 76.2 Å². The molecule has 2 aromatic carbocycles. The summed E-state index contributed by atoms with van der Waals surface area (Å²) in [5.41, 5.74) is 9.28. The third-order valence-corrected chi connectivity index (χ3v) is 5.70. The number of hydrogen-bond donors (Lipinski definition) is 1. The van der Waals surface area contributed by atoms with E-state index in [1.165, 1.54) is 47.4 Å². The van der Waals surface area contributed by atoms with Crippen molar-refractivity contribution in [3.63, 3.8) is 0 Å². The second-order valence-corrected chi connectivity index (χ2v) is 8.93. The van der Waals surface area contributed by atoms with E-state index in [0.29, 0.717) is 11.8 Å². The van der Waals surface area contributed by atoms with Crippen LogP contribution in [0, 0.1) is 6.07 Å². The SMILES string of the molecule is CC(=O)/C=C(/C)O.CC(C)c1cccc(C(C)C)c1B1c2ccc[c-]c2-c2ncccc21.[Ir]. The molecule has 1 aromatic heterocycles. The molecule has 1 radical (unpaired) electrons. The fourth-order valence-electron chi connectivity index (χ4n) is 4.47. The van der Waals surface area contributed by atoms with Crippen molar-refractivity contribution in [3.8, 4) is 11.3 Å². The number of rotatable bonds is 4. The van der Waals surface area contributed by atoms with Crippen LogP contribution >= 0.6 is 0 Å². The van der Waals surface area contributed by atoms with E-state index in [9.17, 15) is 4.79 Å². The van der Waals surface area contributed by atoms with Gasteiger partial charge in [-0.2, -0.15) is 0 Å². The normalized spacial score (nSPS) is 12.0. The fourth-order valence-corrected chi connectivity index (χ4v) is 4.47. The van der Waals surface area contributed by atoms with E-state index in [1.807, 2.05) is 12.3 Å². The van der Waals surface area contributed by atoms with Crippen molar-refractivity contribution in [3.05, 3.63) is 83.8 Å². The second kappa shape index (κ2) is 11.6. The van der Waals surface area contributed by atoms with Gasteiger partial charge in [0.25, 0.3) is 0 Å². The Morgan fingerprint density at radius 1 is 0.970 bits per heavy atom. The fraction of sp³-hybridized carbons (Fsp3) is 0.286. The Kier molecular flexibility index (Phi) is 9.40. The second-order valence-electron chi connectivity index (χ2n) is 8.93. The summed E-state index contributed by atoms with van der Waals surface area (Å²) < 4.78 is 0. The maximum Gasteiger partial charge on any atom is 0.182 e. The zero-order chi connectivity index (χ0) is 23.4. The Balaban J connectivity index is 0.000000423. The quantitative estimate of drug-likeness (QED) is 0.157. The molecule has 5 heteroatoms. The largest absolute Gasteiger partial charge is 0.512 e. The number of aromatic nitrogens is 1. The summed E-state index contributed by atoms with van der Waals surface area (Å²) in [6.45, 7) is 12.3. The van der Waals surface area contributed by atoms with Gasteiger partial charge in [-0.05, 0) is 37.4 Å². The number of allylic oxidation sites excluding steroid dienone is 2. The van der Waals surface area contributed by atoms with Gasteiger partial charge in [-0.25, -0.2) is 0 Å². The third kappa shape index (κ3) is 5.90. The third-order valence-electron chi connectivity index (χ3n) is 5.70. The number of ketones is 1. The Bertz CT molecular complexity index is 1080. The van der Waals surface area contributed by atoms with Crippen molar-refractivity contribution in [2.75, 3.05) is 0 Å². The first-order valence-electron chi connectivity index (χ1n) is 11.2. The monoisotopic (exact) mass is 617 g/mol. The van der Waals surface area contributed by atoms with Gasteiger partial charge < -0.3 is 10.1 Å². The van der Waals surface area contributed by atoms with Crippen LogP contribution < -0.4 is 16.4 Å². The molecule has 2 heterocycles. The van der Waals surface area contributed by atoms with Crippen molar-refractivity contribution in [2.45, 2.75) is 53.4 Å². The van der Waals surface area contributed by atoms with Crippen LogP contribution in [0.5, 0.6) is 0 Å². The van der Waals surface area contributed by atoms with Crippen LogP contribution in [0.25, 0.3) is 11.3 Å². The first-order chi connectivity index (χ1) is 15.2. The average Bonchev–Trinajstić information content (AvgIpc) is 3.07. The molecule has 0 spiro atoms. The van der Waals surface area contributed by atoms with E-state index >= 15 is 0 Å². The molecule has 1 aliphatic rings. The van der Waals surface area contributed by atoms with Crippen molar-refractivity contribution in [1.29, 1.82) is 0 Å². The van der Waals surface area contributed by atoms with E-state index in [1.54, 1.807) is 0 Å². The van der Waals surface area contributed by atoms with Crippen LogP contribution in [-0.2, 0) is 24.9 Å². The van der Waals surface area contributed by atoms with Gasteiger partial charge in [-0.15, -0.1) is 35.3 Å². The molecule has 173 valence electrons. The number of pyridine rings is 1. The van der Waals surface area contributed by atoms with Crippen LogP contribution in [0.1, 0.15) is 64.5 Å². The topological polar surface area (TPSA) is 50.2 Å². The maximum atomic E-state index is 10.0. The van der Waals surface area contributed by atoms with Gasteiger partial charge in [0, 0.05) is 32.4 Å². The standard InChI is InChI=1S/C23H23BN.C5H8O2.Ir/c1-15(2)17-10-7-11-18(16(3)4)22(17)24-20-12-6-5-9-19(20)23-21(24)13-8-14-25-23;1-4(6)3-5(2)7;/h5-8,10-16H,1-4H3;3,6H,1-2H3;/q-1;;/b;4-3-;. The number of hydrogen-bond acceptors (Lipinski definition) is 3. The molecule has 0 aliphatic carbocycles. The smallest absolute Gasteiger partial charge is 0.182 e. The number of carbonyl (C=O) groups excluding carboxylic acids is 1. The van der Waals surface area contributed by atoms with Gasteiger partial charge >= 0.3 is 0 Å². The minimum Gasteiger partial charge on any atom is -0.512 e. The zero-order valence-corrected chi connectivity index (χ0v) is 22.5. The molecular formula is C28H31BIrNO2-. The summed E-state index contributed by atoms with van der Waals surface area (Å²) in [5.74, 6) is 0.920. The molecule has 33 heavy (non-hydrogen) atoms. The molecule has 0 atom stereocenters. The van der Waals surface area contributed by atoms with Crippen molar-refractivity contribution in [2.24, 2.45) is 0 Å². The minimum atomic E-state index is -0.125. The number of aliphatic hydroxyl groups is 1. The molecule has 0 saturated heterocycles. The van der Waals surface area contributed by atoms with Crippen LogP contribution in [-0.4, -0.2) is 22.6 Å². The number of fused-ring (bicyclic) bond motifs is 3. The zero-order valence-electron chi connectivity index (χ0n) is 20.1. The van der Waals surface area contributed by atoms with Gasteiger partial charge in [0.1, 0.15) is 0 Å². The van der Waals surface area contributed by atoms with Crippen molar-refractivity contribution < 1.29 is 30.0 Å². The molecule has 0 unspecified atom stereocenters. The summed E-state index contributed by atoms with van der Waals surface area (Å²) in [5, 5.41) is 8.36. The Morgan fingerprint density at radius 2 is 1.58 bits per heavy atom. The van der Waals surface area contributed by atoms with Crippen LogP contribution in [0.4, 0.5) is 0 Å². The predicted octanol–water partition coefficient (Wildman–Crippen LogP) is 4.66. The van der Waals surface area contributed by atoms with Gasteiger partial charge in [0.15, 0.2) is 12.5 Å². The number of aliphatic hydroxyl groups excluding tert-OH is 1. The molecule has 0 amide bonds. The van der Waals surface area contributed by atoms with Gasteiger partial charge in [0.05, 0.1) is 5.76 Å². The molecule has 1 aliphatic heterocycles. The van der Waals surface area contributed by atoms with E-state index in [0.717, 1.165) is 11.3 Å².